The van der Waals surface area contributed by atoms with Gasteiger partial charge in [0.2, 0.25) is 5.91 Å². The van der Waals surface area contributed by atoms with E-state index >= 15 is 0 Å². The van der Waals surface area contributed by atoms with Gasteiger partial charge in [0.1, 0.15) is 23.6 Å². The fourth-order valence-electron chi connectivity index (χ4n) is 3.04. The molecule has 1 amide bonds. The molecular weight excluding hydrogens is 266 g/mol. The average molecular weight is 285 g/mol. The molecule has 6 nitrogen and oxygen atoms in total. The molecular formula is C15H19N5O. The predicted octanol–water partition coefficient (Wildman–Crippen LogP) is 0.354. The van der Waals surface area contributed by atoms with E-state index in [9.17, 15) is 4.79 Å². The number of nitriles is 1. The molecule has 0 spiro atoms. The van der Waals surface area contributed by atoms with Gasteiger partial charge in [0.15, 0.2) is 0 Å². The first-order valence-corrected chi connectivity index (χ1v) is 7.43. The molecule has 6 heteroatoms. The molecule has 2 saturated heterocycles. The summed E-state index contributed by atoms with van der Waals surface area (Å²) in [6.45, 7) is 4.09. The Balaban J connectivity index is 1.78. The summed E-state index contributed by atoms with van der Waals surface area (Å²) in [5, 5.41) is 12.2. The van der Waals surface area contributed by atoms with E-state index in [4.69, 9.17) is 5.26 Å². The first-order chi connectivity index (χ1) is 10.3. The van der Waals surface area contributed by atoms with Crippen molar-refractivity contribution in [1.29, 1.82) is 5.26 Å². The molecule has 21 heavy (non-hydrogen) atoms. The number of rotatable bonds is 2. The van der Waals surface area contributed by atoms with Crippen molar-refractivity contribution in [1.82, 2.24) is 15.2 Å². The van der Waals surface area contributed by atoms with Gasteiger partial charge in [-0.2, -0.15) is 5.26 Å². The van der Waals surface area contributed by atoms with Crippen molar-refractivity contribution in [2.24, 2.45) is 0 Å². The second-order valence-corrected chi connectivity index (χ2v) is 5.42. The van der Waals surface area contributed by atoms with Crippen LogP contribution < -0.4 is 10.2 Å². The molecule has 1 atom stereocenters. The van der Waals surface area contributed by atoms with E-state index in [1.807, 2.05) is 21.9 Å². The zero-order chi connectivity index (χ0) is 14.7. The van der Waals surface area contributed by atoms with Crippen molar-refractivity contribution in [3.8, 4) is 6.07 Å². The first kappa shape index (κ1) is 13.8. The summed E-state index contributed by atoms with van der Waals surface area (Å²) >= 11 is 0. The quantitative estimate of drug-likeness (QED) is 0.849. The van der Waals surface area contributed by atoms with Gasteiger partial charge in [-0.05, 0) is 25.0 Å². The maximum absolute atomic E-state index is 12.7. The summed E-state index contributed by atoms with van der Waals surface area (Å²) in [5.74, 6) is 0.929. The van der Waals surface area contributed by atoms with Gasteiger partial charge in [0, 0.05) is 32.7 Å². The fraction of sp³-hybridized carbons (Fsp3) is 0.533. The predicted molar refractivity (Wildman–Crippen MR) is 78.8 cm³/mol. The van der Waals surface area contributed by atoms with Gasteiger partial charge in [-0.3, -0.25) is 4.79 Å². The second kappa shape index (κ2) is 6.10. The lowest BCUT2D eigenvalue weighted by Gasteiger charge is -2.33. The zero-order valence-electron chi connectivity index (χ0n) is 12.0. The minimum atomic E-state index is -0.135. The number of hydrogen-bond donors (Lipinski definition) is 1. The van der Waals surface area contributed by atoms with Gasteiger partial charge >= 0.3 is 0 Å². The lowest BCUT2D eigenvalue weighted by Crippen LogP contribution is -2.52. The minimum Gasteiger partial charge on any atom is -0.345 e. The number of aromatic nitrogens is 1. The molecule has 0 radical (unpaired) electrons. The van der Waals surface area contributed by atoms with E-state index in [2.05, 4.69) is 16.4 Å². The number of anilines is 1. The van der Waals surface area contributed by atoms with Gasteiger partial charge in [0.05, 0.1) is 0 Å². The van der Waals surface area contributed by atoms with E-state index < -0.39 is 0 Å². The zero-order valence-corrected chi connectivity index (χ0v) is 12.0. The normalized spacial score (nSPS) is 22.1. The Morgan fingerprint density at radius 2 is 2.14 bits per heavy atom. The Hall–Kier alpha value is -2.13. The van der Waals surface area contributed by atoms with Crippen LogP contribution in [0.2, 0.25) is 0 Å². The molecule has 1 aromatic heterocycles. The number of hydrogen-bond acceptors (Lipinski definition) is 5. The molecule has 2 aliphatic heterocycles. The van der Waals surface area contributed by atoms with E-state index in [-0.39, 0.29) is 11.9 Å². The third-order valence-corrected chi connectivity index (χ3v) is 4.11. The standard InChI is InChI=1S/C15H19N5O/c16-11-12-3-1-5-14(18-12)20-8-2-4-13(20)15(21)19-9-6-17-7-10-19/h1,3,5,13,17H,2,4,6-10H2. The van der Waals surface area contributed by atoms with Crippen LogP contribution in [0.4, 0.5) is 5.82 Å². The lowest BCUT2D eigenvalue weighted by molar-refractivity contribution is -0.133. The molecule has 1 N–H and O–H groups in total. The number of piperazine rings is 1. The first-order valence-electron chi connectivity index (χ1n) is 7.43. The van der Waals surface area contributed by atoms with Crippen molar-refractivity contribution in [3.63, 3.8) is 0 Å². The minimum absolute atomic E-state index is 0.135. The molecule has 0 saturated carbocycles. The summed E-state index contributed by atoms with van der Waals surface area (Å²) in [6, 6.07) is 7.31. The van der Waals surface area contributed by atoms with Crippen molar-refractivity contribution < 1.29 is 4.79 Å². The number of carbonyl (C=O) groups is 1. The van der Waals surface area contributed by atoms with Gasteiger partial charge in [-0.15, -0.1) is 0 Å². The topological polar surface area (TPSA) is 72.3 Å². The summed E-state index contributed by atoms with van der Waals surface area (Å²) in [4.78, 5) is 21.0. The highest BCUT2D eigenvalue weighted by Crippen LogP contribution is 2.25. The van der Waals surface area contributed by atoms with Gasteiger partial charge in [-0.1, -0.05) is 6.07 Å². The third kappa shape index (κ3) is 2.83. The molecule has 1 aromatic rings. The fourth-order valence-corrected chi connectivity index (χ4v) is 3.04. The summed E-state index contributed by atoms with van der Waals surface area (Å²) in [7, 11) is 0. The Morgan fingerprint density at radius 3 is 2.90 bits per heavy atom. The molecule has 0 aromatic carbocycles. The van der Waals surface area contributed by atoms with Crippen molar-refractivity contribution in [2.45, 2.75) is 18.9 Å². The Bertz CT molecular complexity index is 561. The SMILES string of the molecule is N#Cc1cccc(N2CCCC2C(=O)N2CCNCC2)n1. The van der Waals surface area contributed by atoms with Crippen molar-refractivity contribution in [3.05, 3.63) is 23.9 Å². The van der Waals surface area contributed by atoms with Crippen LogP contribution in [0, 0.1) is 11.3 Å². The van der Waals surface area contributed by atoms with Crippen LogP contribution in [0.5, 0.6) is 0 Å². The molecule has 3 heterocycles. The number of nitrogens with zero attached hydrogens (tertiary/aromatic N) is 4. The number of nitrogens with one attached hydrogen (secondary N) is 1. The van der Waals surface area contributed by atoms with Crippen LogP contribution in [0.15, 0.2) is 18.2 Å². The van der Waals surface area contributed by atoms with Gasteiger partial charge in [-0.25, -0.2) is 4.98 Å². The van der Waals surface area contributed by atoms with Crippen LogP contribution in [-0.2, 0) is 4.79 Å². The Morgan fingerprint density at radius 1 is 1.33 bits per heavy atom. The highest BCUT2D eigenvalue weighted by molar-refractivity contribution is 5.85. The monoisotopic (exact) mass is 285 g/mol. The van der Waals surface area contributed by atoms with Gasteiger partial charge in [0.25, 0.3) is 0 Å². The largest absolute Gasteiger partial charge is 0.345 e. The van der Waals surface area contributed by atoms with Crippen LogP contribution in [0.1, 0.15) is 18.5 Å². The maximum Gasteiger partial charge on any atom is 0.245 e. The van der Waals surface area contributed by atoms with Crippen LogP contribution >= 0.6 is 0 Å². The van der Waals surface area contributed by atoms with E-state index in [0.29, 0.717) is 5.69 Å². The van der Waals surface area contributed by atoms with Gasteiger partial charge < -0.3 is 15.1 Å². The summed E-state index contributed by atoms with van der Waals surface area (Å²) in [6.07, 6.45) is 1.85. The second-order valence-electron chi connectivity index (χ2n) is 5.42. The van der Waals surface area contributed by atoms with Crippen LogP contribution in [-0.4, -0.2) is 54.6 Å². The average Bonchev–Trinajstić information content (AvgIpc) is 3.04. The van der Waals surface area contributed by atoms with Crippen LogP contribution in [0.25, 0.3) is 0 Å². The molecule has 0 aliphatic carbocycles. The highest BCUT2D eigenvalue weighted by atomic mass is 16.2. The highest BCUT2D eigenvalue weighted by Gasteiger charge is 2.34. The molecule has 1 unspecified atom stereocenters. The van der Waals surface area contributed by atoms with Crippen LogP contribution in [0.3, 0.4) is 0 Å². The van der Waals surface area contributed by atoms with Crippen molar-refractivity contribution >= 4 is 11.7 Å². The Kier molecular flexibility index (Phi) is 4.02. The lowest BCUT2D eigenvalue weighted by atomic mass is 10.1. The molecule has 3 rings (SSSR count). The summed E-state index contributed by atoms with van der Waals surface area (Å²) < 4.78 is 0. The number of carbonyl (C=O) groups excluding carboxylic acids is 1. The van der Waals surface area contributed by atoms with Crippen molar-refractivity contribution in [2.75, 3.05) is 37.6 Å². The van der Waals surface area contributed by atoms with E-state index in [1.54, 1.807) is 6.07 Å². The molecule has 0 bridgehead atoms. The maximum atomic E-state index is 12.7. The van der Waals surface area contributed by atoms with E-state index in [1.165, 1.54) is 0 Å². The molecule has 2 fully saturated rings. The smallest absolute Gasteiger partial charge is 0.245 e. The number of amides is 1. The van der Waals surface area contributed by atoms with E-state index in [0.717, 1.165) is 51.4 Å². The molecule has 2 aliphatic rings. The number of pyridine rings is 1. The third-order valence-electron chi connectivity index (χ3n) is 4.11. The Labute approximate surface area is 124 Å². The molecule has 110 valence electrons. The summed E-state index contributed by atoms with van der Waals surface area (Å²) in [5.41, 5.74) is 0.396.